The molecule has 0 saturated heterocycles. The van der Waals surface area contributed by atoms with Crippen molar-refractivity contribution in [3.8, 4) is 5.69 Å². The molecule has 1 N–H and O–H groups in total. The fourth-order valence-corrected chi connectivity index (χ4v) is 2.32. The van der Waals surface area contributed by atoms with Crippen molar-refractivity contribution in [2.24, 2.45) is 0 Å². The van der Waals surface area contributed by atoms with Gasteiger partial charge in [0.1, 0.15) is 0 Å². The van der Waals surface area contributed by atoms with Gasteiger partial charge in [-0.25, -0.2) is 4.68 Å². The molecule has 0 aliphatic rings. The third-order valence-electron chi connectivity index (χ3n) is 3.31. The topological polar surface area (TPSA) is 42.7 Å². The number of pyridine rings is 1. The molecule has 106 valence electrons. The van der Waals surface area contributed by atoms with Crippen molar-refractivity contribution in [3.05, 3.63) is 77.9 Å². The Morgan fingerprint density at radius 2 is 1.90 bits per heavy atom. The summed E-state index contributed by atoms with van der Waals surface area (Å²) >= 11 is 0. The first-order chi connectivity index (χ1) is 10.3. The molecule has 0 amide bonds. The Morgan fingerprint density at radius 3 is 2.71 bits per heavy atom. The van der Waals surface area contributed by atoms with Gasteiger partial charge in [0.05, 0.1) is 11.4 Å². The quantitative estimate of drug-likeness (QED) is 0.780. The number of hydrogen-bond donors (Lipinski definition) is 1. The van der Waals surface area contributed by atoms with Crippen LogP contribution in [0.25, 0.3) is 5.69 Å². The zero-order valence-corrected chi connectivity index (χ0v) is 12.0. The predicted molar refractivity (Wildman–Crippen MR) is 83.1 cm³/mol. The van der Waals surface area contributed by atoms with Gasteiger partial charge in [-0.3, -0.25) is 4.98 Å². The SMILES string of the molecule is Cc1cccc(CNCc2ccccc2-n2cccn2)n1. The summed E-state index contributed by atoms with van der Waals surface area (Å²) in [7, 11) is 0. The lowest BCUT2D eigenvalue weighted by Gasteiger charge is -2.10. The molecule has 0 aliphatic carbocycles. The maximum atomic E-state index is 4.50. The average Bonchev–Trinajstić information content (AvgIpc) is 3.02. The maximum absolute atomic E-state index is 4.50. The smallest absolute Gasteiger partial charge is 0.0690 e. The minimum Gasteiger partial charge on any atom is -0.307 e. The lowest BCUT2D eigenvalue weighted by atomic mass is 10.1. The molecule has 0 spiro atoms. The Bertz CT molecular complexity index is 704. The zero-order valence-electron chi connectivity index (χ0n) is 12.0. The second-order valence-electron chi connectivity index (χ2n) is 4.95. The molecule has 0 aliphatic heterocycles. The van der Waals surface area contributed by atoms with Crippen molar-refractivity contribution in [2.75, 3.05) is 0 Å². The van der Waals surface area contributed by atoms with E-state index in [9.17, 15) is 0 Å². The summed E-state index contributed by atoms with van der Waals surface area (Å²) in [4.78, 5) is 4.50. The molecule has 2 aromatic heterocycles. The average molecular weight is 278 g/mol. The molecule has 3 rings (SSSR count). The molecule has 1 aromatic carbocycles. The third kappa shape index (κ3) is 3.35. The van der Waals surface area contributed by atoms with E-state index in [4.69, 9.17) is 0 Å². The Hall–Kier alpha value is -2.46. The predicted octanol–water partition coefficient (Wildman–Crippen LogP) is 2.87. The van der Waals surface area contributed by atoms with E-state index in [1.54, 1.807) is 6.20 Å². The van der Waals surface area contributed by atoms with Crippen molar-refractivity contribution in [1.82, 2.24) is 20.1 Å². The summed E-state index contributed by atoms with van der Waals surface area (Å²) in [5.74, 6) is 0. The van der Waals surface area contributed by atoms with Crippen LogP contribution in [-0.4, -0.2) is 14.8 Å². The van der Waals surface area contributed by atoms with Gasteiger partial charge in [0.2, 0.25) is 0 Å². The van der Waals surface area contributed by atoms with Crippen LogP contribution in [-0.2, 0) is 13.1 Å². The van der Waals surface area contributed by atoms with Crippen LogP contribution in [0.15, 0.2) is 60.9 Å². The normalized spacial score (nSPS) is 10.7. The van der Waals surface area contributed by atoms with E-state index in [0.717, 1.165) is 30.2 Å². The molecule has 21 heavy (non-hydrogen) atoms. The minimum atomic E-state index is 0.759. The molecule has 0 bridgehead atoms. The maximum Gasteiger partial charge on any atom is 0.0690 e. The summed E-state index contributed by atoms with van der Waals surface area (Å²) in [6.45, 7) is 3.55. The zero-order chi connectivity index (χ0) is 14.5. The molecule has 2 heterocycles. The summed E-state index contributed by atoms with van der Waals surface area (Å²) < 4.78 is 1.89. The highest BCUT2D eigenvalue weighted by Gasteiger charge is 2.04. The summed E-state index contributed by atoms with van der Waals surface area (Å²) in [5.41, 5.74) is 4.43. The van der Waals surface area contributed by atoms with E-state index in [-0.39, 0.29) is 0 Å². The highest BCUT2D eigenvalue weighted by molar-refractivity contribution is 5.40. The van der Waals surface area contributed by atoms with Gasteiger partial charge in [0.15, 0.2) is 0 Å². The van der Waals surface area contributed by atoms with E-state index in [1.807, 2.05) is 48.1 Å². The van der Waals surface area contributed by atoms with Gasteiger partial charge >= 0.3 is 0 Å². The van der Waals surface area contributed by atoms with Crippen LogP contribution in [0.3, 0.4) is 0 Å². The van der Waals surface area contributed by atoms with Gasteiger partial charge in [-0.2, -0.15) is 5.10 Å². The molecule has 0 atom stereocenters. The number of rotatable bonds is 5. The molecule has 0 fully saturated rings. The number of hydrogen-bond acceptors (Lipinski definition) is 3. The van der Waals surface area contributed by atoms with Crippen LogP contribution in [0, 0.1) is 6.92 Å². The van der Waals surface area contributed by atoms with Gasteiger partial charge in [-0.1, -0.05) is 24.3 Å². The van der Waals surface area contributed by atoms with Crippen LogP contribution in [0.1, 0.15) is 17.0 Å². The second-order valence-corrected chi connectivity index (χ2v) is 4.95. The first-order valence-corrected chi connectivity index (χ1v) is 7.04. The van der Waals surface area contributed by atoms with Crippen LogP contribution >= 0.6 is 0 Å². The highest BCUT2D eigenvalue weighted by Crippen LogP contribution is 2.13. The van der Waals surface area contributed by atoms with E-state index >= 15 is 0 Å². The number of nitrogens with zero attached hydrogens (tertiary/aromatic N) is 3. The number of aromatic nitrogens is 3. The van der Waals surface area contributed by atoms with Crippen molar-refractivity contribution in [3.63, 3.8) is 0 Å². The Kier molecular flexibility index (Phi) is 4.07. The Labute approximate surface area is 124 Å². The number of aryl methyl sites for hydroxylation is 1. The van der Waals surface area contributed by atoms with Crippen molar-refractivity contribution >= 4 is 0 Å². The Balaban J connectivity index is 1.69. The summed E-state index contributed by atoms with van der Waals surface area (Å²) in [6, 6.07) is 16.3. The molecule has 4 heteroatoms. The highest BCUT2D eigenvalue weighted by atomic mass is 15.3. The van der Waals surface area contributed by atoms with Crippen LogP contribution in [0.5, 0.6) is 0 Å². The van der Waals surface area contributed by atoms with Gasteiger partial charge in [0.25, 0.3) is 0 Å². The van der Waals surface area contributed by atoms with Crippen molar-refractivity contribution < 1.29 is 0 Å². The molecule has 3 aromatic rings. The van der Waals surface area contributed by atoms with E-state index in [1.165, 1.54) is 5.56 Å². The molecule has 0 saturated carbocycles. The van der Waals surface area contributed by atoms with Crippen molar-refractivity contribution in [2.45, 2.75) is 20.0 Å². The summed E-state index contributed by atoms with van der Waals surface area (Å²) in [5, 5.41) is 7.75. The number of nitrogens with one attached hydrogen (secondary N) is 1. The van der Waals surface area contributed by atoms with Gasteiger partial charge in [0, 0.05) is 31.2 Å². The minimum absolute atomic E-state index is 0.759. The fraction of sp³-hybridized carbons (Fsp3) is 0.176. The Morgan fingerprint density at radius 1 is 1.00 bits per heavy atom. The van der Waals surface area contributed by atoms with Crippen LogP contribution < -0.4 is 5.32 Å². The van der Waals surface area contributed by atoms with Crippen molar-refractivity contribution in [1.29, 1.82) is 0 Å². The van der Waals surface area contributed by atoms with Gasteiger partial charge in [-0.05, 0) is 36.8 Å². The molecular weight excluding hydrogens is 260 g/mol. The molecule has 4 nitrogen and oxygen atoms in total. The van der Waals surface area contributed by atoms with Crippen LogP contribution in [0.4, 0.5) is 0 Å². The molecule has 0 radical (unpaired) electrons. The number of para-hydroxylation sites is 1. The third-order valence-corrected chi connectivity index (χ3v) is 3.31. The van der Waals surface area contributed by atoms with E-state index in [2.05, 4.69) is 33.6 Å². The van der Waals surface area contributed by atoms with Gasteiger partial charge in [-0.15, -0.1) is 0 Å². The first kappa shape index (κ1) is 13.5. The van der Waals surface area contributed by atoms with Gasteiger partial charge < -0.3 is 5.32 Å². The lowest BCUT2D eigenvalue weighted by Crippen LogP contribution is -2.15. The molecule has 0 unspecified atom stereocenters. The number of benzene rings is 1. The standard InChI is InChI=1S/C17H18N4/c1-14-6-4-8-16(20-14)13-18-12-15-7-2-3-9-17(15)21-11-5-10-19-21/h2-11,18H,12-13H2,1H3. The largest absolute Gasteiger partial charge is 0.307 e. The van der Waals surface area contributed by atoms with E-state index < -0.39 is 0 Å². The lowest BCUT2D eigenvalue weighted by molar-refractivity contribution is 0.672. The monoisotopic (exact) mass is 278 g/mol. The summed E-state index contributed by atoms with van der Waals surface area (Å²) in [6.07, 6.45) is 3.75. The van der Waals surface area contributed by atoms with E-state index in [0.29, 0.717) is 0 Å². The fourth-order valence-electron chi connectivity index (χ4n) is 2.32. The second kappa shape index (κ2) is 6.33. The molecular formula is C17H18N4. The van der Waals surface area contributed by atoms with Crippen LogP contribution in [0.2, 0.25) is 0 Å². The first-order valence-electron chi connectivity index (χ1n) is 7.04.